The molecule has 0 fully saturated rings. The highest BCUT2D eigenvalue weighted by Gasteiger charge is 2.14. The molecule has 1 heterocycles. The number of aliphatic imine (C=N–C) groups is 2. The van der Waals surface area contributed by atoms with Crippen LogP contribution in [0.15, 0.2) is 40.3 Å². The van der Waals surface area contributed by atoms with Crippen LogP contribution in [0.1, 0.15) is 11.1 Å². The first-order valence-corrected chi connectivity index (χ1v) is 7.31. The summed E-state index contributed by atoms with van der Waals surface area (Å²) in [6.07, 6.45) is 1.36. The van der Waals surface area contributed by atoms with Gasteiger partial charge in [-0.15, -0.1) is 0 Å². The number of nitrogens with one attached hydrogen (secondary N) is 1. The van der Waals surface area contributed by atoms with Crippen LogP contribution in [0.25, 0.3) is 0 Å². The maximum absolute atomic E-state index is 12.0. The van der Waals surface area contributed by atoms with Gasteiger partial charge in [-0.05, 0) is 31.0 Å². The minimum atomic E-state index is -0.570. The lowest BCUT2D eigenvalue weighted by atomic mass is 10.1. The van der Waals surface area contributed by atoms with E-state index >= 15 is 0 Å². The SMILES string of the molecule is C=C1C=NC(=O)N=C1SCC(=O)Nc1cccc(C)c1C. The van der Waals surface area contributed by atoms with E-state index in [1.807, 2.05) is 32.0 Å². The number of aryl methyl sites for hydroxylation is 1. The second kappa shape index (κ2) is 6.49. The average Bonchev–Trinajstić information content (AvgIpc) is 2.45. The van der Waals surface area contributed by atoms with Crippen molar-refractivity contribution in [1.29, 1.82) is 0 Å². The largest absolute Gasteiger partial charge is 0.368 e. The van der Waals surface area contributed by atoms with Crippen LogP contribution in [-0.2, 0) is 4.79 Å². The number of hydrogen-bond acceptors (Lipinski definition) is 3. The summed E-state index contributed by atoms with van der Waals surface area (Å²) in [7, 11) is 0. The molecule has 0 aliphatic carbocycles. The molecule has 0 bridgehead atoms. The highest BCUT2D eigenvalue weighted by Crippen LogP contribution is 2.19. The van der Waals surface area contributed by atoms with E-state index < -0.39 is 6.03 Å². The van der Waals surface area contributed by atoms with Crippen molar-refractivity contribution in [3.63, 3.8) is 0 Å². The Hall–Kier alpha value is -2.21. The second-order valence-electron chi connectivity index (χ2n) is 4.57. The van der Waals surface area contributed by atoms with Gasteiger partial charge in [-0.1, -0.05) is 30.5 Å². The highest BCUT2D eigenvalue weighted by atomic mass is 32.2. The van der Waals surface area contributed by atoms with Crippen molar-refractivity contribution in [3.8, 4) is 0 Å². The molecule has 0 saturated carbocycles. The number of carbonyl (C=O) groups is 2. The number of carbonyl (C=O) groups excluding carboxylic acids is 2. The van der Waals surface area contributed by atoms with Gasteiger partial charge in [0.1, 0.15) is 5.04 Å². The molecule has 0 atom stereocenters. The van der Waals surface area contributed by atoms with Gasteiger partial charge in [-0.3, -0.25) is 4.79 Å². The van der Waals surface area contributed by atoms with Gasteiger partial charge in [-0.25, -0.2) is 4.79 Å². The minimum Gasteiger partial charge on any atom is -0.325 e. The van der Waals surface area contributed by atoms with Gasteiger partial charge in [-0.2, -0.15) is 9.98 Å². The zero-order valence-corrected chi connectivity index (χ0v) is 12.7. The summed E-state index contributed by atoms with van der Waals surface area (Å²) < 4.78 is 0. The summed E-state index contributed by atoms with van der Waals surface area (Å²) in [5, 5.41) is 3.29. The van der Waals surface area contributed by atoms with Crippen molar-refractivity contribution in [3.05, 3.63) is 41.5 Å². The summed E-state index contributed by atoms with van der Waals surface area (Å²) in [6.45, 7) is 7.68. The van der Waals surface area contributed by atoms with Gasteiger partial charge < -0.3 is 5.32 Å². The molecule has 5 nitrogen and oxygen atoms in total. The molecule has 3 amide bonds. The Morgan fingerprint density at radius 3 is 2.90 bits per heavy atom. The van der Waals surface area contributed by atoms with E-state index in [1.54, 1.807) is 0 Å². The number of amides is 3. The lowest BCUT2D eigenvalue weighted by Crippen LogP contribution is -2.17. The maximum Gasteiger partial charge on any atom is 0.368 e. The fourth-order valence-corrected chi connectivity index (χ4v) is 2.43. The lowest BCUT2D eigenvalue weighted by molar-refractivity contribution is -0.113. The second-order valence-corrected chi connectivity index (χ2v) is 5.53. The van der Waals surface area contributed by atoms with Crippen LogP contribution in [-0.4, -0.2) is 28.9 Å². The molecule has 0 saturated heterocycles. The van der Waals surface area contributed by atoms with Crippen molar-refractivity contribution < 1.29 is 9.59 Å². The number of anilines is 1. The predicted molar refractivity (Wildman–Crippen MR) is 87.5 cm³/mol. The number of urea groups is 1. The molecule has 1 N–H and O–H groups in total. The van der Waals surface area contributed by atoms with E-state index in [2.05, 4.69) is 21.9 Å². The molecule has 6 heteroatoms. The molecule has 1 aliphatic heterocycles. The predicted octanol–water partition coefficient (Wildman–Crippen LogP) is 3.13. The van der Waals surface area contributed by atoms with Crippen LogP contribution in [0.3, 0.4) is 0 Å². The van der Waals surface area contributed by atoms with E-state index in [0.29, 0.717) is 10.6 Å². The van der Waals surface area contributed by atoms with Crippen LogP contribution in [0.2, 0.25) is 0 Å². The molecule has 2 rings (SSSR count). The summed E-state index contributed by atoms with van der Waals surface area (Å²) in [5.74, 6) is 0.00553. The maximum atomic E-state index is 12.0. The third kappa shape index (κ3) is 3.88. The molecular formula is C15H15N3O2S. The summed E-state index contributed by atoms with van der Waals surface area (Å²) in [4.78, 5) is 30.3. The first kappa shape index (κ1) is 15.2. The van der Waals surface area contributed by atoms with Crippen molar-refractivity contribution in [2.75, 3.05) is 11.1 Å². The Kier molecular flexibility index (Phi) is 4.70. The van der Waals surface area contributed by atoms with Crippen molar-refractivity contribution >= 4 is 40.6 Å². The van der Waals surface area contributed by atoms with Gasteiger partial charge in [0.05, 0.1) is 5.75 Å². The molecule has 0 radical (unpaired) electrons. The smallest absolute Gasteiger partial charge is 0.325 e. The molecule has 108 valence electrons. The summed E-state index contributed by atoms with van der Waals surface area (Å²) >= 11 is 1.17. The van der Waals surface area contributed by atoms with Crippen LogP contribution < -0.4 is 5.32 Å². The first-order valence-electron chi connectivity index (χ1n) is 6.32. The minimum absolute atomic E-state index is 0.154. The molecule has 1 aromatic rings. The van der Waals surface area contributed by atoms with Gasteiger partial charge >= 0.3 is 6.03 Å². The standard InChI is InChI=1S/C15H15N3O2S/c1-9-5-4-6-12(11(9)3)17-13(19)8-21-14-10(2)7-16-15(20)18-14/h4-7H,2,8H2,1,3H3,(H,17,19). The van der Waals surface area contributed by atoms with Gasteiger partial charge in [0.25, 0.3) is 0 Å². The van der Waals surface area contributed by atoms with E-state index in [-0.39, 0.29) is 11.7 Å². The lowest BCUT2D eigenvalue weighted by Gasteiger charge is -2.11. The fourth-order valence-electron chi connectivity index (χ4n) is 1.71. The molecule has 0 spiro atoms. The van der Waals surface area contributed by atoms with E-state index in [0.717, 1.165) is 16.8 Å². The molecule has 0 unspecified atom stereocenters. The summed E-state index contributed by atoms with van der Waals surface area (Å²) in [6, 6.07) is 5.18. The van der Waals surface area contributed by atoms with Crippen LogP contribution in [0.5, 0.6) is 0 Å². The van der Waals surface area contributed by atoms with Crippen LogP contribution in [0.4, 0.5) is 10.5 Å². The average molecular weight is 301 g/mol. The molecule has 21 heavy (non-hydrogen) atoms. The number of nitrogens with zero attached hydrogens (tertiary/aromatic N) is 2. The van der Waals surface area contributed by atoms with E-state index in [4.69, 9.17) is 0 Å². The zero-order valence-electron chi connectivity index (χ0n) is 11.8. The first-order chi connectivity index (χ1) is 9.97. The monoisotopic (exact) mass is 301 g/mol. The molecule has 0 aromatic heterocycles. The molecule has 1 aromatic carbocycles. The normalized spacial score (nSPS) is 14.1. The third-order valence-electron chi connectivity index (χ3n) is 3.02. The van der Waals surface area contributed by atoms with Crippen LogP contribution >= 0.6 is 11.8 Å². The Bertz CT molecular complexity index is 677. The van der Waals surface area contributed by atoms with Gasteiger partial charge in [0, 0.05) is 17.5 Å². The van der Waals surface area contributed by atoms with Crippen molar-refractivity contribution in [2.24, 2.45) is 9.98 Å². The van der Waals surface area contributed by atoms with Gasteiger partial charge in [0.15, 0.2) is 0 Å². The quantitative estimate of drug-likeness (QED) is 0.932. The zero-order chi connectivity index (χ0) is 15.4. The van der Waals surface area contributed by atoms with Gasteiger partial charge in [0.2, 0.25) is 5.91 Å². The Morgan fingerprint density at radius 1 is 1.38 bits per heavy atom. The number of benzene rings is 1. The van der Waals surface area contributed by atoms with Crippen molar-refractivity contribution in [2.45, 2.75) is 13.8 Å². The topological polar surface area (TPSA) is 70.9 Å². The Balaban J connectivity index is 1.95. The van der Waals surface area contributed by atoms with E-state index in [9.17, 15) is 9.59 Å². The van der Waals surface area contributed by atoms with Crippen LogP contribution in [0, 0.1) is 13.8 Å². The van der Waals surface area contributed by atoms with E-state index in [1.165, 1.54) is 18.0 Å². The summed E-state index contributed by atoms with van der Waals surface area (Å²) in [5.41, 5.74) is 3.49. The third-order valence-corrected chi connectivity index (χ3v) is 4.05. The fraction of sp³-hybridized carbons (Fsp3) is 0.200. The molecular weight excluding hydrogens is 286 g/mol. The Morgan fingerprint density at radius 2 is 2.14 bits per heavy atom. The number of thioether (sulfide) groups is 1. The highest BCUT2D eigenvalue weighted by molar-refractivity contribution is 8.15. The van der Waals surface area contributed by atoms with Crippen molar-refractivity contribution in [1.82, 2.24) is 0 Å². The molecule has 1 aliphatic rings. The number of hydrogen-bond donors (Lipinski definition) is 1. The number of rotatable bonds is 3. The Labute approximate surface area is 127 Å².